The molecule has 1 aromatic rings. The first-order valence-electron chi connectivity index (χ1n) is 5.83. The van der Waals surface area contributed by atoms with E-state index in [0.717, 1.165) is 12.1 Å². The van der Waals surface area contributed by atoms with Crippen molar-refractivity contribution in [3.8, 4) is 11.5 Å². The van der Waals surface area contributed by atoms with Gasteiger partial charge in [-0.15, -0.1) is 0 Å². The lowest BCUT2D eigenvalue weighted by molar-refractivity contribution is -0.142. The van der Waals surface area contributed by atoms with Crippen LogP contribution in [0.5, 0.6) is 11.5 Å². The highest BCUT2D eigenvalue weighted by Crippen LogP contribution is 2.54. The normalized spacial score (nSPS) is 16.6. The SMILES string of the molecule is COc1cc(C(F)(F)F)c(C2(C(=O)O)CC2)cc1OC. The Morgan fingerprint density at radius 2 is 1.70 bits per heavy atom. The van der Waals surface area contributed by atoms with Crippen molar-refractivity contribution in [1.82, 2.24) is 0 Å². The van der Waals surface area contributed by atoms with Gasteiger partial charge in [-0.1, -0.05) is 0 Å². The number of ether oxygens (including phenoxy) is 2. The number of carbonyl (C=O) groups is 1. The minimum Gasteiger partial charge on any atom is -0.493 e. The van der Waals surface area contributed by atoms with Crippen molar-refractivity contribution in [1.29, 1.82) is 0 Å². The first-order chi connectivity index (χ1) is 9.26. The van der Waals surface area contributed by atoms with Crippen molar-refractivity contribution in [2.75, 3.05) is 14.2 Å². The Morgan fingerprint density at radius 3 is 2.05 bits per heavy atom. The molecule has 110 valence electrons. The molecule has 0 amide bonds. The van der Waals surface area contributed by atoms with Gasteiger partial charge in [-0.3, -0.25) is 4.79 Å². The van der Waals surface area contributed by atoms with Crippen LogP contribution in [0.1, 0.15) is 24.0 Å². The second-order valence-electron chi connectivity index (χ2n) is 4.64. The van der Waals surface area contributed by atoms with Gasteiger partial charge in [-0.2, -0.15) is 13.2 Å². The Labute approximate surface area is 113 Å². The van der Waals surface area contributed by atoms with E-state index in [0.29, 0.717) is 0 Å². The molecule has 0 aromatic heterocycles. The van der Waals surface area contributed by atoms with Crippen molar-refractivity contribution in [2.24, 2.45) is 0 Å². The fourth-order valence-electron chi connectivity index (χ4n) is 2.23. The van der Waals surface area contributed by atoms with Crippen LogP contribution in [0.25, 0.3) is 0 Å². The van der Waals surface area contributed by atoms with Gasteiger partial charge in [0.15, 0.2) is 11.5 Å². The van der Waals surface area contributed by atoms with Crippen LogP contribution in [0.4, 0.5) is 13.2 Å². The number of halogens is 3. The van der Waals surface area contributed by atoms with Crippen LogP contribution in [0.15, 0.2) is 12.1 Å². The van der Waals surface area contributed by atoms with E-state index in [1.165, 1.54) is 14.2 Å². The largest absolute Gasteiger partial charge is 0.493 e. The summed E-state index contributed by atoms with van der Waals surface area (Å²) in [7, 11) is 2.51. The van der Waals surface area contributed by atoms with Crippen LogP contribution in [-0.4, -0.2) is 25.3 Å². The average Bonchev–Trinajstić information content (AvgIpc) is 3.17. The van der Waals surface area contributed by atoms with Gasteiger partial charge >= 0.3 is 12.1 Å². The Kier molecular flexibility index (Phi) is 3.31. The van der Waals surface area contributed by atoms with Crippen LogP contribution >= 0.6 is 0 Å². The topological polar surface area (TPSA) is 55.8 Å². The molecule has 1 aliphatic rings. The fourth-order valence-corrected chi connectivity index (χ4v) is 2.23. The van der Waals surface area contributed by atoms with Gasteiger partial charge in [0, 0.05) is 0 Å². The lowest BCUT2D eigenvalue weighted by Crippen LogP contribution is -2.24. The van der Waals surface area contributed by atoms with Crippen LogP contribution in [0.3, 0.4) is 0 Å². The summed E-state index contributed by atoms with van der Waals surface area (Å²) in [5.74, 6) is -1.25. The first-order valence-corrected chi connectivity index (χ1v) is 5.83. The Bertz CT molecular complexity index is 547. The summed E-state index contributed by atoms with van der Waals surface area (Å²) in [6.45, 7) is 0. The minimum atomic E-state index is -4.65. The Morgan fingerprint density at radius 1 is 1.20 bits per heavy atom. The van der Waals surface area contributed by atoms with Crippen molar-refractivity contribution in [2.45, 2.75) is 24.4 Å². The van der Waals surface area contributed by atoms with E-state index in [-0.39, 0.29) is 29.9 Å². The van der Waals surface area contributed by atoms with E-state index >= 15 is 0 Å². The van der Waals surface area contributed by atoms with Gasteiger partial charge in [0.25, 0.3) is 0 Å². The molecule has 0 saturated heterocycles. The smallest absolute Gasteiger partial charge is 0.416 e. The second-order valence-corrected chi connectivity index (χ2v) is 4.64. The van der Waals surface area contributed by atoms with E-state index in [9.17, 15) is 23.1 Å². The summed E-state index contributed by atoms with van der Waals surface area (Å²) in [5, 5.41) is 9.20. The molecule has 0 spiro atoms. The summed E-state index contributed by atoms with van der Waals surface area (Å²) in [4.78, 5) is 11.3. The molecule has 2 rings (SSSR count). The van der Waals surface area contributed by atoms with Crippen molar-refractivity contribution in [3.63, 3.8) is 0 Å². The van der Waals surface area contributed by atoms with Crippen molar-refractivity contribution < 1.29 is 32.5 Å². The highest BCUT2D eigenvalue weighted by Gasteiger charge is 2.55. The van der Waals surface area contributed by atoms with Crippen LogP contribution in [-0.2, 0) is 16.4 Å². The highest BCUT2D eigenvalue weighted by molar-refractivity contribution is 5.86. The molecule has 0 heterocycles. The van der Waals surface area contributed by atoms with Gasteiger partial charge in [0.1, 0.15) is 0 Å². The predicted molar refractivity (Wildman–Crippen MR) is 63.1 cm³/mol. The van der Waals surface area contributed by atoms with Crippen molar-refractivity contribution >= 4 is 5.97 Å². The third-order valence-corrected chi connectivity index (χ3v) is 3.50. The van der Waals surface area contributed by atoms with Gasteiger partial charge in [0.05, 0.1) is 25.2 Å². The lowest BCUT2D eigenvalue weighted by atomic mass is 9.90. The summed E-state index contributed by atoms with van der Waals surface area (Å²) >= 11 is 0. The molecular weight excluding hydrogens is 277 g/mol. The Hall–Kier alpha value is -1.92. The van der Waals surface area contributed by atoms with Crippen molar-refractivity contribution in [3.05, 3.63) is 23.3 Å². The second kappa shape index (κ2) is 4.57. The number of rotatable bonds is 4. The standard InChI is InChI=1S/C13H13F3O4/c1-19-9-5-7(12(3-4-12)11(17)18)8(13(14,15)16)6-10(9)20-2/h5-6H,3-4H2,1-2H3,(H,17,18). The maximum atomic E-state index is 13.1. The number of aliphatic carboxylic acids is 1. The summed E-state index contributed by atoms with van der Waals surface area (Å²) in [6, 6.07) is 1.90. The van der Waals surface area contributed by atoms with Crippen LogP contribution in [0, 0.1) is 0 Å². The van der Waals surface area contributed by atoms with Gasteiger partial charge in [-0.25, -0.2) is 0 Å². The number of alkyl halides is 3. The zero-order chi connectivity index (χ0) is 15.1. The third-order valence-electron chi connectivity index (χ3n) is 3.50. The number of benzene rings is 1. The molecule has 1 fully saturated rings. The first kappa shape index (κ1) is 14.5. The number of hydrogen-bond acceptors (Lipinski definition) is 3. The quantitative estimate of drug-likeness (QED) is 0.926. The minimum absolute atomic E-state index is 0.0789. The number of hydrogen-bond donors (Lipinski definition) is 1. The number of carboxylic acid groups (broad SMARTS) is 1. The molecule has 4 nitrogen and oxygen atoms in total. The summed E-state index contributed by atoms with van der Waals surface area (Å²) in [6.07, 6.45) is -4.29. The molecule has 1 N–H and O–H groups in total. The van der Waals surface area contributed by atoms with Gasteiger partial charge in [-0.05, 0) is 30.5 Å². The molecule has 7 heteroatoms. The van der Waals surface area contributed by atoms with Gasteiger partial charge in [0.2, 0.25) is 0 Å². The molecule has 1 aromatic carbocycles. The molecule has 1 aliphatic carbocycles. The van der Waals surface area contributed by atoms with E-state index in [4.69, 9.17) is 9.47 Å². The monoisotopic (exact) mass is 290 g/mol. The van der Waals surface area contributed by atoms with E-state index < -0.39 is 23.1 Å². The van der Waals surface area contributed by atoms with E-state index in [2.05, 4.69) is 0 Å². The maximum absolute atomic E-state index is 13.1. The summed E-state index contributed by atoms with van der Waals surface area (Å²) < 4.78 is 49.2. The zero-order valence-electron chi connectivity index (χ0n) is 10.9. The number of carboxylic acids is 1. The number of methoxy groups -OCH3 is 2. The molecule has 0 bridgehead atoms. The Balaban J connectivity index is 2.68. The van der Waals surface area contributed by atoms with E-state index in [1.54, 1.807) is 0 Å². The molecule has 0 unspecified atom stereocenters. The summed E-state index contributed by atoms with van der Waals surface area (Å²) in [5.41, 5.74) is -2.73. The van der Waals surface area contributed by atoms with Crippen LogP contribution < -0.4 is 9.47 Å². The molecular formula is C13H13F3O4. The third kappa shape index (κ3) is 2.17. The van der Waals surface area contributed by atoms with Crippen LogP contribution in [0.2, 0.25) is 0 Å². The molecule has 0 aliphatic heterocycles. The molecule has 20 heavy (non-hydrogen) atoms. The molecule has 0 atom stereocenters. The van der Waals surface area contributed by atoms with Gasteiger partial charge < -0.3 is 14.6 Å². The highest BCUT2D eigenvalue weighted by atomic mass is 19.4. The van der Waals surface area contributed by atoms with E-state index in [1.807, 2.05) is 0 Å². The maximum Gasteiger partial charge on any atom is 0.416 e. The average molecular weight is 290 g/mol. The fraction of sp³-hybridized carbons (Fsp3) is 0.462. The molecule has 1 saturated carbocycles. The zero-order valence-corrected chi connectivity index (χ0v) is 10.9. The molecule has 0 radical (unpaired) electrons. The predicted octanol–water partition coefficient (Wildman–Crippen LogP) is 2.84. The lowest BCUT2D eigenvalue weighted by Gasteiger charge is -2.20.